The summed E-state index contributed by atoms with van der Waals surface area (Å²) in [6.07, 6.45) is 2.51. The molecule has 1 N–H and O–H groups in total. The van der Waals surface area contributed by atoms with Gasteiger partial charge in [-0.05, 0) is 26.8 Å². The number of hydroxylamine groups is 1. The Kier molecular flexibility index (Phi) is 3.91. The lowest BCUT2D eigenvalue weighted by Gasteiger charge is -2.28. The fraction of sp³-hybridized carbons (Fsp3) is 0.875. The van der Waals surface area contributed by atoms with Gasteiger partial charge in [0.2, 0.25) is 0 Å². The second-order valence-electron chi connectivity index (χ2n) is 3.28. The molecule has 0 unspecified atom stereocenters. The maximum Gasteiger partial charge on any atom is 0.0973 e. The summed E-state index contributed by atoms with van der Waals surface area (Å²) in [6, 6.07) is 0. The van der Waals surface area contributed by atoms with Gasteiger partial charge in [0.15, 0.2) is 0 Å². The molecule has 0 amide bonds. The van der Waals surface area contributed by atoms with Gasteiger partial charge in [-0.3, -0.25) is 10.3 Å². The Morgan fingerprint density at radius 1 is 1.50 bits per heavy atom. The molecule has 1 aliphatic heterocycles. The van der Waals surface area contributed by atoms with Crippen molar-refractivity contribution in [3.05, 3.63) is 0 Å². The quantitative estimate of drug-likeness (QED) is 0.515. The monoisotopic (exact) mass is 188 g/mol. The van der Waals surface area contributed by atoms with Crippen LogP contribution in [0.5, 0.6) is 0 Å². The Morgan fingerprint density at radius 3 is 2.58 bits per heavy atom. The summed E-state index contributed by atoms with van der Waals surface area (Å²) < 4.78 is 0. The minimum atomic E-state index is 0.332. The maximum absolute atomic E-state index is 5.37. The molecular formula is C8H16N2OS. The van der Waals surface area contributed by atoms with Crippen molar-refractivity contribution in [2.45, 2.75) is 25.9 Å². The van der Waals surface area contributed by atoms with Crippen molar-refractivity contribution >= 4 is 17.2 Å². The maximum atomic E-state index is 5.37. The van der Waals surface area contributed by atoms with Crippen molar-refractivity contribution in [2.24, 2.45) is 0 Å². The first kappa shape index (κ1) is 9.89. The van der Waals surface area contributed by atoms with E-state index in [2.05, 4.69) is 17.4 Å². The van der Waals surface area contributed by atoms with Gasteiger partial charge >= 0.3 is 0 Å². The molecule has 3 nitrogen and oxygen atoms in total. The van der Waals surface area contributed by atoms with E-state index in [0.717, 1.165) is 25.9 Å². The summed E-state index contributed by atoms with van der Waals surface area (Å²) in [5.74, 6) is 0. The van der Waals surface area contributed by atoms with Crippen molar-refractivity contribution < 1.29 is 4.84 Å². The molecule has 0 saturated carbocycles. The van der Waals surface area contributed by atoms with Crippen LogP contribution in [0.25, 0.3) is 0 Å². The van der Waals surface area contributed by atoms with Crippen LogP contribution >= 0.6 is 12.2 Å². The first-order valence-electron chi connectivity index (χ1n) is 4.29. The largest absolute Gasteiger partial charge is 0.306 e. The zero-order valence-electron chi connectivity index (χ0n) is 7.67. The van der Waals surface area contributed by atoms with E-state index < -0.39 is 0 Å². The van der Waals surface area contributed by atoms with E-state index in [-0.39, 0.29) is 0 Å². The molecule has 70 valence electrons. The Balaban J connectivity index is 2.13. The second-order valence-corrected chi connectivity index (χ2v) is 3.89. The smallest absolute Gasteiger partial charge is 0.0973 e. The highest BCUT2D eigenvalue weighted by molar-refractivity contribution is 7.80. The molecule has 12 heavy (non-hydrogen) atoms. The summed E-state index contributed by atoms with van der Waals surface area (Å²) in [5, 5.41) is 0. The molecule has 1 saturated heterocycles. The lowest BCUT2D eigenvalue weighted by atomic mass is 10.1. The summed E-state index contributed by atoms with van der Waals surface area (Å²) in [6.45, 7) is 4.05. The normalized spacial score (nSPS) is 20.8. The second kappa shape index (κ2) is 4.74. The molecule has 1 aliphatic rings. The SMILES string of the molecule is CC(=S)NOC1CCN(C)CC1. The minimum Gasteiger partial charge on any atom is -0.306 e. The molecule has 0 radical (unpaired) electrons. The summed E-state index contributed by atoms with van der Waals surface area (Å²) in [5.41, 5.74) is 2.74. The number of nitrogens with zero attached hydrogens (tertiary/aromatic N) is 1. The molecule has 1 rings (SSSR count). The fourth-order valence-electron chi connectivity index (χ4n) is 1.27. The van der Waals surface area contributed by atoms with Crippen LogP contribution in [0.1, 0.15) is 19.8 Å². The highest BCUT2D eigenvalue weighted by Crippen LogP contribution is 2.10. The summed E-state index contributed by atoms with van der Waals surface area (Å²) in [7, 11) is 2.13. The number of hydrogen-bond acceptors (Lipinski definition) is 3. The number of rotatable bonds is 2. The summed E-state index contributed by atoms with van der Waals surface area (Å²) >= 11 is 4.84. The van der Waals surface area contributed by atoms with Crippen molar-refractivity contribution in [3.8, 4) is 0 Å². The van der Waals surface area contributed by atoms with Crippen LogP contribution in [0.2, 0.25) is 0 Å². The standard InChI is InChI=1S/C8H16N2OS/c1-7(12)9-11-8-3-5-10(2)6-4-8/h8H,3-6H2,1-2H3,(H,9,12). The third kappa shape index (κ3) is 3.47. The number of thiocarbonyl (C=S) groups is 1. The van der Waals surface area contributed by atoms with E-state index in [9.17, 15) is 0 Å². The van der Waals surface area contributed by atoms with Gasteiger partial charge < -0.3 is 4.90 Å². The van der Waals surface area contributed by atoms with Crippen LogP contribution in [0, 0.1) is 0 Å². The molecule has 0 atom stereocenters. The third-order valence-electron chi connectivity index (χ3n) is 2.03. The average molecular weight is 188 g/mol. The number of nitrogens with one attached hydrogen (secondary N) is 1. The van der Waals surface area contributed by atoms with Gasteiger partial charge in [0, 0.05) is 13.1 Å². The first-order chi connectivity index (χ1) is 5.68. The Bertz CT molecular complexity index is 155. The molecule has 0 aliphatic carbocycles. The lowest BCUT2D eigenvalue weighted by molar-refractivity contribution is -0.0216. The molecule has 1 heterocycles. The predicted molar refractivity (Wildman–Crippen MR) is 53.0 cm³/mol. The van der Waals surface area contributed by atoms with Crippen LogP contribution < -0.4 is 5.48 Å². The Morgan fingerprint density at radius 2 is 2.08 bits per heavy atom. The molecule has 1 fully saturated rings. The lowest BCUT2D eigenvalue weighted by Crippen LogP contribution is -2.37. The van der Waals surface area contributed by atoms with Gasteiger partial charge in [0.25, 0.3) is 0 Å². The zero-order valence-corrected chi connectivity index (χ0v) is 8.49. The topological polar surface area (TPSA) is 24.5 Å². The molecular weight excluding hydrogens is 172 g/mol. The highest BCUT2D eigenvalue weighted by Gasteiger charge is 2.17. The first-order valence-corrected chi connectivity index (χ1v) is 4.70. The Labute approximate surface area is 79.0 Å². The van der Waals surface area contributed by atoms with Gasteiger partial charge in [0.1, 0.15) is 0 Å². The highest BCUT2D eigenvalue weighted by atomic mass is 32.1. The van der Waals surface area contributed by atoms with Gasteiger partial charge in [-0.1, -0.05) is 12.2 Å². The number of piperidine rings is 1. The van der Waals surface area contributed by atoms with E-state index in [1.165, 1.54) is 0 Å². The molecule has 0 aromatic carbocycles. The van der Waals surface area contributed by atoms with Crippen molar-refractivity contribution in [3.63, 3.8) is 0 Å². The van der Waals surface area contributed by atoms with Crippen LogP contribution in [0.15, 0.2) is 0 Å². The molecule has 0 aromatic heterocycles. The van der Waals surface area contributed by atoms with Gasteiger partial charge in [-0.2, -0.15) is 0 Å². The predicted octanol–water partition coefficient (Wildman–Crippen LogP) is 0.949. The van der Waals surface area contributed by atoms with Crippen LogP contribution in [0.3, 0.4) is 0 Å². The minimum absolute atomic E-state index is 0.332. The van der Waals surface area contributed by atoms with E-state index in [4.69, 9.17) is 17.1 Å². The third-order valence-corrected chi connectivity index (χ3v) is 2.12. The van der Waals surface area contributed by atoms with Crippen LogP contribution in [0.4, 0.5) is 0 Å². The van der Waals surface area contributed by atoms with Gasteiger partial charge in [-0.25, -0.2) is 0 Å². The molecule has 0 aromatic rings. The van der Waals surface area contributed by atoms with Crippen LogP contribution in [-0.4, -0.2) is 36.1 Å². The zero-order chi connectivity index (χ0) is 8.97. The van der Waals surface area contributed by atoms with E-state index >= 15 is 0 Å². The van der Waals surface area contributed by atoms with E-state index in [0.29, 0.717) is 11.1 Å². The number of likely N-dealkylation sites (tertiary alicyclic amines) is 1. The van der Waals surface area contributed by atoms with E-state index in [1.807, 2.05) is 6.92 Å². The van der Waals surface area contributed by atoms with Gasteiger partial charge in [0.05, 0.1) is 11.1 Å². The van der Waals surface area contributed by atoms with Gasteiger partial charge in [-0.15, -0.1) is 0 Å². The Hall–Kier alpha value is -0.190. The molecule has 0 bridgehead atoms. The number of hydrogen-bond donors (Lipinski definition) is 1. The fourth-order valence-corrected chi connectivity index (χ4v) is 1.32. The van der Waals surface area contributed by atoms with Crippen molar-refractivity contribution in [1.29, 1.82) is 0 Å². The molecule has 0 spiro atoms. The van der Waals surface area contributed by atoms with Crippen molar-refractivity contribution in [1.82, 2.24) is 10.4 Å². The van der Waals surface area contributed by atoms with E-state index in [1.54, 1.807) is 0 Å². The van der Waals surface area contributed by atoms with Crippen LogP contribution in [-0.2, 0) is 4.84 Å². The molecule has 4 heteroatoms. The summed E-state index contributed by atoms with van der Waals surface area (Å²) in [4.78, 5) is 8.39. The van der Waals surface area contributed by atoms with Crippen molar-refractivity contribution in [2.75, 3.05) is 20.1 Å². The average Bonchev–Trinajstić information content (AvgIpc) is 2.03.